The normalized spacial score (nSPS) is 11.2. The maximum atomic E-state index is 5.23. The molecule has 50 heavy (non-hydrogen) atoms. The largest absolute Gasteiger partial charge is 0.248 e. The van der Waals surface area contributed by atoms with Crippen LogP contribution in [0.5, 0.6) is 0 Å². The van der Waals surface area contributed by atoms with Crippen molar-refractivity contribution >= 4 is 21.8 Å². The minimum atomic E-state index is 0.946. The molecule has 234 valence electrons. The second-order valence-electron chi connectivity index (χ2n) is 12.6. The number of para-hydroxylation sites is 1. The lowest BCUT2D eigenvalue weighted by atomic mass is 9.93. The number of rotatable bonds is 6. The molecule has 0 saturated carbocycles. The highest BCUT2D eigenvalue weighted by Crippen LogP contribution is 2.37. The zero-order valence-corrected chi connectivity index (χ0v) is 27.4. The molecule has 0 N–H and O–H groups in total. The highest BCUT2D eigenvalue weighted by molar-refractivity contribution is 5.99. The molecule has 0 fully saturated rings. The van der Waals surface area contributed by atoms with Crippen molar-refractivity contribution in [3.63, 3.8) is 0 Å². The first kappa shape index (κ1) is 29.5. The first-order chi connectivity index (χ1) is 24.7. The molecule has 2 heteroatoms. The third kappa shape index (κ3) is 5.74. The smallest absolute Gasteiger partial charge is 0.0716 e. The van der Waals surface area contributed by atoms with Gasteiger partial charge >= 0.3 is 0 Å². The zero-order chi connectivity index (χ0) is 33.3. The van der Waals surface area contributed by atoms with E-state index in [0.717, 1.165) is 61.0 Å². The van der Waals surface area contributed by atoms with Gasteiger partial charge < -0.3 is 0 Å². The van der Waals surface area contributed by atoms with Crippen LogP contribution in [0.4, 0.5) is 0 Å². The van der Waals surface area contributed by atoms with Gasteiger partial charge in [0.05, 0.1) is 22.4 Å². The molecule has 9 rings (SSSR count). The molecule has 0 aliphatic heterocycles. The van der Waals surface area contributed by atoms with E-state index in [1.54, 1.807) is 0 Å². The van der Waals surface area contributed by atoms with E-state index < -0.39 is 0 Å². The van der Waals surface area contributed by atoms with E-state index in [0.29, 0.717) is 0 Å². The van der Waals surface area contributed by atoms with Gasteiger partial charge in [-0.2, -0.15) is 0 Å². The maximum absolute atomic E-state index is 5.23. The molecule has 2 nitrogen and oxygen atoms in total. The van der Waals surface area contributed by atoms with E-state index >= 15 is 0 Å². The van der Waals surface area contributed by atoms with Gasteiger partial charge in [0.15, 0.2) is 0 Å². The van der Waals surface area contributed by atoms with Crippen molar-refractivity contribution in [2.45, 2.75) is 0 Å². The van der Waals surface area contributed by atoms with Gasteiger partial charge in [-0.25, -0.2) is 9.97 Å². The molecular weight excluding hydrogens is 605 g/mol. The fourth-order valence-electron chi connectivity index (χ4n) is 6.81. The standard InChI is InChI=1S/C48H32N2/c1-3-10-33(11-4-1)35-18-20-37(21-19-35)40-27-29-47-44(31-40)43(32-48(50-47)39-24-22-36(23-25-39)34-12-5-2-6-13-34)41-15-9-16-42(30-41)46-28-26-38-14-7-8-17-45(38)49-46/h1-32H. The van der Waals surface area contributed by atoms with Gasteiger partial charge in [-0.15, -0.1) is 0 Å². The Balaban J connectivity index is 1.17. The Hall–Kier alpha value is -6.64. The number of hydrogen-bond acceptors (Lipinski definition) is 2. The number of nitrogens with zero attached hydrogens (tertiary/aromatic N) is 2. The average molecular weight is 637 g/mol. The Morgan fingerprint density at radius 1 is 0.260 bits per heavy atom. The van der Waals surface area contributed by atoms with Crippen molar-refractivity contribution in [1.29, 1.82) is 0 Å². The van der Waals surface area contributed by atoms with Crippen LogP contribution < -0.4 is 0 Å². The first-order valence-electron chi connectivity index (χ1n) is 17.0. The van der Waals surface area contributed by atoms with Crippen LogP contribution in [0.2, 0.25) is 0 Å². The number of fused-ring (bicyclic) bond motifs is 2. The molecule has 0 saturated heterocycles. The van der Waals surface area contributed by atoms with E-state index in [2.05, 4.69) is 188 Å². The molecule has 0 spiro atoms. The van der Waals surface area contributed by atoms with Crippen LogP contribution in [0.1, 0.15) is 0 Å². The summed E-state index contributed by atoms with van der Waals surface area (Å²) in [6.45, 7) is 0. The summed E-state index contributed by atoms with van der Waals surface area (Å²) in [7, 11) is 0. The SMILES string of the molecule is c1ccc(-c2ccc(-c3ccc4nc(-c5ccc(-c6ccccc6)cc5)cc(-c5cccc(-c6ccc7ccccc7n6)c5)c4c3)cc2)cc1. The molecule has 0 unspecified atom stereocenters. The van der Waals surface area contributed by atoms with Crippen molar-refractivity contribution in [1.82, 2.24) is 9.97 Å². The predicted molar refractivity (Wildman–Crippen MR) is 210 cm³/mol. The lowest BCUT2D eigenvalue weighted by molar-refractivity contribution is 1.39. The van der Waals surface area contributed by atoms with Gasteiger partial charge in [0.2, 0.25) is 0 Å². The van der Waals surface area contributed by atoms with Crippen LogP contribution in [0, 0.1) is 0 Å². The molecule has 7 aromatic carbocycles. The Morgan fingerprint density at radius 3 is 1.48 bits per heavy atom. The molecule has 0 bridgehead atoms. The lowest BCUT2D eigenvalue weighted by Gasteiger charge is -2.14. The molecule has 9 aromatic rings. The van der Waals surface area contributed by atoms with E-state index in [1.165, 1.54) is 27.8 Å². The van der Waals surface area contributed by atoms with Crippen molar-refractivity contribution in [2.75, 3.05) is 0 Å². The summed E-state index contributed by atoms with van der Waals surface area (Å²) in [5.74, 6) is 0. The van der Waals surface area contributed by atoms with Gasteiger partial charge in [0, 0.05) is 21.9 Å². The summed E-state index contributed by atoms with van der Waals surface area (Å²) in [6, 6.07) is 68.7. The van der Waals surface area contributed by atoms with Crippen LogP contribution in [-0.2, 0) is 0 Å². The first-order valence-corrected chi connectivity index (χ1v) is 17.0. The second kappa shape index (κ2) is 12.8. The minimum Gasteiger partial charge on any atom is -0.248 e. The molecule has 2 heterocycles. The van der Waals surface area contributed by atoms with Gasteiger partial charge in [-0.05, 0) is 80.9 Å². The Bertz CT molecular complexity index is 2610. The highest BCUT2D eigenvalue weighted by Gasteiger charge is 2.13. The summed E-state index contributed by atoms with van der Waals surface area (Å²) >= 11 is 0. The topological polar surface area (TPSA) is 25.8 Å². The summed E-state index contributed by atoms with van der Waals surface area (Å²) in [6.07, 6.45) is 0. The van der Waals surface area contributed by atoms with Crippen LogP contribution in [-0.4, -0.2) is 9.97 Å². The average Bonchev–Trinajstić information content (AvgIpc) is 3.21. The van der Waals surface area contributed by atoms with Crippen LogP contribution in [0.15, 0.2) is 194 Å². The molecule has 2 aromatic heterocycles. The van der Waals surface area contributed by atoms with Crippen molar-refractivity contribution in [3.05, 3.63) is 194 Å². The summed E-state index contributed by atoms with van der Waals surface area (Å²) in [5, 5.41) is 2.25. The third-order valence-corrected chi connectivity index (χ3v) is 9.49. The fraction of sp³-hybridized carbons (Fsp3) is 0. The highest BCUT2D eigenvalue weighted by atomic mass is 14.7. The number of hydrogen-bond donors (Lipinski definition) is 0. The molecule has 0 radical (unpaired) electrons. The zero-order valence-electron chi connectivity index (χ0n) is 27.4. The Labute approximate surface area is 292 Å². The molecule has 0 aliphatic rings. The lowest BCUT2D eigenvalue weighted by Crippen LogP contribution is -1.92. The van der Waals surface area contributed by atoms with Crippen molar-refractivity contribution in [2.24, 2.45) is 0 Å². The van der Waals surface area contributed by atoms with Gasteiger partial charge in [-0.1, -0.05) is 158 Å². The number of aromatic nitrogens is 2. The van der Waals surface area contributed by atoms with Crippen molar-refractivity contribution < 1.29 is 0 Å². The Morgan fingerprint density at radius 2 is 0.780 bits per heavy atom. The summed E-state index contributed by atoms with van der Waals surface area (Å²) < 4.78 is 0. The third-order valence-electron chi connectivity index (χ3n) is 9.49. The van der Waals surface area contributed by atoms with Gasteiger partial charge in [-0.3, -0.25) is 0 Å². The maximum Gasteiger partial charge on any atom is 0.0716 e. The van der Waals surface area contributed by atoms with Crippen LogP contribution in [0.3, 0.4) is 0 Å². The molecular formula is C48H32N2. The molecule has 0 amide bonds. The number of benzene rings is 7. The summed E-state index contributed by atoms with van der Waals surface area (Å²) in [4.78, 5) is 10.2. The second-order valence-corrected chi connectivity index (χ2v) is 12.6. The van der Waals surface area contributed by atoms with E-state index in [-0.39, 0.29) is 0 Å². The van der Waals surface area contributed by atoms with Crippen LogP contribution in [0.25, 0.3) is 88.8 Å². The number of pyridine rings is 2. The van der Waals surface area contributed by atoms with Gasteiger partial charge in [0.25, 0.3) is 0 Å². The van der Waals surface area contributed by atoms with E-state index in [1.807, 2.05) is 6.07 Å². The fourth-order valence-corrected chi connectivity index (χ4v) is 6.81. The Kier molecular flexibility index (Phi) is 7.53. The van der Waals surface area contributed by atoms with Crippen LogP contribution >= 0.6 is 0 Å². The molecule has 0 aliphatic carbocycles. The van der Waals surface area contributed by atoms with Gasteiger partial charge in [0.1, 0.15) is 0 Å². The minimum absolute atomic E-state index is 0.946. The van der Waals surface area contributed by atoms with E-state index in [9.17, 15) is 0 Å². The molecule has 0 atom stereocenters. The predicted octanol–water partition coefficient (Wildman–Crippen LogP) is 12.8. The van der Waals surface area contributed by atoms with Crippen molar-refractivity contribution in [3.8, 4) is 67.0 Å². The monoisotopic (exact) mass is 636 g/mol. The summed E-state index contributed by atoms with van der Waals surface area (Å²) in [5.41, 5.74) is 15.4. The van der Waals surface area contributed by atoms with E-state index in [4.69, 9.17) is 9.97 Å². The quantitative estimate of drug-likeness (QED) is 0.181.